The van der Waals surface area contributed by atoms with Crippen molar-refractivity contribution in [1.29, 1.82) is 0 Å². The van der Waals surface area contributed by atoms with E-state index >= 15 is 0 Å². The van der Waals surface area contributed by atoms with Crippen LogP contribution in [0.15, 0.2) is 34.0 Å². The van der Waals surface area contributed by atoms with E-state index in [0.29, 0.717) is 17.9 Å². The van der Waals surface area contributed by atoms with Gasteiger partial charge in [-0.2, -0.15) is 0 Å². The number of aryl methyl sites for hydroxylation is 1. The standard InChI is InChI=1S/C18H21N3O2S2/c1-13-11-24-18(20-13)25-12-16(22)19-10-14-4-6-15(7-5-14)17(23)21-8-2-3-9-21/h4-7,11H,2-3,8-10,12H2,1H3,(H,19,22). The molecular formula is C18H21N3O2S2. The number of aromatic nitrogens is 1. The fraction of sp³-hybridized carbons (Fsp3) is 0.389. The Hall–Kier alpha value is -1.86. The van der Waals surface area contributed by atoms with E-state index in [-0.39, 0.29) is 11.8 Å². The van der Waals surface area contributed by atoms with Crippen LogP contribution in [0.5, 0.6) is 0 Å². The summed E-state index contributed by atoms with van der Waals surface area (Å²) < 4.78 is 0.914. The number of carbonyl (C=O) groups excluding carboxylic acids is 2. The van der Waals surface area contributed by atoms with Gasteiger partial charge in [0, 0.05) is 36.3 Å². The molecule has 2 heterocycles. The number of amides is 2. The van der Waals surface area contributed by atoms with E-state index < -0.39 is 0 Å². The molecule has 0 spiro atoms. The summed E-state index contributed by atoms with van der Waals surface area (Å²) in [7, 11) is 0. The maximum absolute atomic E-state index is 12.3. The Bertz CT molecular complexity index is 737. The van der Waals surface area contributed by atoms with Gasteiger partial charge in [-0.05, 0) is 37.5 Å². The van der Waals surface area contributed by atoms with E-state index in [9.17, 15) is 9.59 Å². The van der Waals surface area contributed by atoms with Crippen molar-refractivity contribution in [3.8, 4) is 0 Å². The summed E-state index contributed by atoms with van der Waals surface area (Å²) in [4.78, 5) is 30.4. The van der Waals surface area contributed by atoms with Gasteiger partial charge in [-0.25, -0.2) is 4.98 Å². The maximum Gasteiger partial charge on any atom is 0.253 e. The summed E-state index contributed by atoms with van der Waals surface area (Å²) >= 11 is 3.01. The van der Waals surface area contributed by atoms with Gasteiger partial charge in [0.15, 0.2) is 4.34 Å². The normalized spacial score (nSPS) is 13.9. The van der Waals surface area contributed by atoms with Crippen molar-refractivity contribution in [1.82, 2.24) is 15.2 Å². The van der Waals surface area contributed by atoms with E-state index in [1.54, 1.807) is 11.3 Å². The van der Waals surface area contributed by atoms with Crippen LogP contribution in [0.3, 0.4) is 0 Å². The molecule has 0 radical (unpaired) electrons. The molecule has 1 fully saturated rings. The molecule has 2 amide bonds. The predicted molar refractivity (Wildman–Crippen MR) is 101 cm³/mol. The molecule has 132 valence electrons. The molecule has 1 aliphatic heterocycles. The quantitative estimate of drug-likeness (QED) is 0.788. The molecule has 1 saturated heterocycles. The van der Waals surface area contributed by atoms with E-state index in [0.717, 1.165) is 41.5 Å². The van der Waals surface area contributed by atoms with E-state index in [1.807, 2.05) is 41.5 Å². The highest BCUT2D eigenvalue weighted by molar-refractivity contribution is 8.01. The van der Waals surface area contributed by atoms with Crippen LogP contribution in [0, 0.1) is 6.92 Å². The zero-order valence-electron chi connectivity index (χ0n) is 14.2. The summed E-state index contributed by atoms with van der Waals surface area (Å²) in [6.45, 7) is 4.12. The van der Waals surface area contributed by atoms with Crippen molar-refractivity contribution in [2.24, 2.45) is 0 Å². The summed E-state index contributed by atoms with van der Waals surface area (Å²) in [5.74, 6) is 0.441. The third kappa shape index (κ3) is 5.06. The number of nitrogens with zero attached hydrogens (tertiary/aromatic N) is 2. The van der Waals surface area contributed by atoms with Gasteiger partial charge >= 0.3 is 0 Å². The van der Waals surface area contributed by atoms with E-state index in [4.69, 9.17) is 0 Å². The Morgan fingerprint density at radius 2 is 1.96 bits per heavy atom. The van der Waals surface area contributed by atoms with Crippen LogP contribution in [0.2, 0.25) is 0 Å². The minimum Gasteiger partial charge on any atom is -0.351 e. The van der Waals surface area contributed by atoms with Crippen LogP contribution in [-0.4, -0.2) is 40.5 Å². The highest BCUT2D eigenvalue weighted by Crippen LogP contribution is 2.21. The third-order valence-electron chi connectivity index (χ3n) is 4.01. The topological polar surface area (TPSA) is 62.3 Å². The molecule has 1 N–H and O–H groups in total. The zero-order chi connectivity index (χ0) is 17.6. The van der Waals surface area contributed by atoms with Crippen LogP contribution >= 0.6 is 23.1 Å². The Balaban J connectivity index is 1.44. The van der Waals surface area contributed by atoms with Gasteiger partial charge in [0.1, 0.15) is 0 Å². The lowest BCUT2D eigenvalue weighted by Gasteiger charge is -2.15. The monoisotopic (exact) mass is 375 g/mol. The number of likely N-dealkylation sites (tertiary alicyclic amines) is 1. The minimum absolute atomic E-state index is 0.0185. The second-order valence-electron chi connectivity index (χ2n) is 6.02. The molecule has 0 saturated carbocycles. The largest absolute Gasteiger partial charge is 0.351 e. The summed E-state index contributed by atoms with van der Waals surface area (Å²) in [6, 6.07) is 7.49. The van der Waals surface area contributed by atoms with Gasteiger partial charge in [-0.3, -0.25) is 9.59 Å². The lowest BCUT2D eigenvalue weighted by molar-refractivity contribution is -0.118. The third-order valence-corrected chi connectivity index (χ3v) is 6.15. The summed E-state index contributed by atoms with van der Waals surface area (Å²) in [6.07, 6.45) is 2.18. The maximum atomic E-state index is 12.3. The molecule has 0 unspecified atom stereocenters. The molecule has 25 heavy (non-hydrogen) atoms. The number of thioether (sulfide) groups is 1. The summed E-state index contributed by atoms with van der Waals surface area (Å²) in [5, 5.41) is 4.88. The van der Waals surface area contributed by atoms with Crippen molar-refractivity contribution in [2.75, 3.05) is 18.8 Å². The number of thiazole rings is 1. The Morgan fingerprint density at radius 3 is 2.60 bits per heavy atom. The second-order valence-corrected chi connectivity index (χ2v) is 8.10. The van der Waals surface area contributed by atoms with Crippen molar-refractivity contribution in [3.05, 3.63) is 46.5 Å². The molecule has 3 rings (SSSR count). The molecule has 0 bridgehead atoms. The molecule has 7 heteroatoms. The molecule has 0 aliphatic carbocycles. The van der Waals surface area contributed by atoms with E-state index in [1.165, 1.54) is 11.8 Å². The van der Waals surface area contributed by atoms with Crippen LogP contribution in [-0.2, 0) is 11.3 Å². The van der Waals surface area contributed by atoms with Gasteiger partial charge in [-0.15, -0.1) is 11.3 Å². The van der Waals surface area contributed by atoms with Gasteiger partial charge < -0.3 is 10.2 Å². The first-order valence-corrected chi connectivity index (χ1v) is 10.2. The van der Waals surface area contributed by atoms with Gasteiger partial charge in [0.05, 0.1) is 5.75 Å². The number of hydrogen-bond donors (Lipinski definition) is 1. The van der Waals surface area contributed by atoms with Crippen molar-refractivity contribution < 1.29 is 9.59 Å². The predicted octanol–water partition coefficient (Wildman–Crippen LogP) is 3.10. The highest BCUT2D eigenvalue weighted by atomic mass is 32.2. The molecule has 1 aromatic heterocycles. The van der Waals surface area contributed by atoms with Gasteiger partial charge in [0.25, 0.3) is 5.91 Å². The van der Waals surface area contributed by atoms with Crippen molar-refractivity contribution in [2.45, 2.75) is 30.6 Å². The molecular weight excluding hydrogens is 354 g/mol. The fourth-order valence-corrected chi connectivity index (χ4v) is 4.32. The van der Waals surface area contributed by atoms with Gasteiger partial charge in [0.2, 0.25) is 5.91 Å². The van der Waals surface area contributed by atoms with Crippen LogP contribution in [0.25, 0.3) is 0 Å². The van der Waals surface area contributed by atoms with Crippen LogP contribution < -0.4 is 5.32 Å². The molecule has 1 aromatic carbocycles. The Kier molecular flexibility index (Phi) is 6.09. The lowest BCUT2D eigenvalue weighted by Crippen LogP contribution is -2.27. The first-order valence-electron chi connectivity index (χ1n) is 8.31. The Labute approximate surface area is 155 Å². The average Bonchev–Trinajstić information content (AvgIpc) is 3.30. The highest BCUT2D eigenvalue weighted by Gasteiger charge is 2.19. The number of nitrogens with one attached hydrogen (secondary N) is 1. The van der Waals surface area contributed by atoms with Crippen molar-refractivity contribution >= 4 is 34.9 Å². The SMILES string of the molecule is Cc1csc(SCC(=O)NCc2ccc(C(=O)N3CCCC3)cc2)n1. The average molecular weight is 376 g/mol. The molecule has 2 aromatic rings. The number of benzene rings is 1. The molecule has 1 aliphatic rings. The zero-order valence-corrected chi connectivity index (χ0v) is 15.8. The first kappa shape index (κ1) is 17.9. The Morgan fingerprint density at radius 1 is 1.24 bits per heavy atom. The molecule has 5 nitrogen and oxygen atoms in total. The minimum atomic E-state index is -0.0185. The van der Waals surface area contributed by atoms with Crippen molar-refractivity contribution in [3.63, 3.8) is 0 Å². The van der Waals surface area contributed by atoms with Crippen LogP contribution in [0.4, 0.5) is 0 Å². The van der Waals surface area contributed by atoms with E-state index in [2.05, 4.69) is 10.3 Å². The molecule has 0 atom stereocenters. The number of carbonyl (C=O) groups is 2. The lowest BCUT2D eigenvalue weighted by atomic mass is 10.1. The van der Waals surface area contributed by atoms with Crippen LogP contribution in [0.1, 0.15) is 34.5 Å². The fourth-order valence-electron chi connectivity index (χ4n) is 2.65. The summed E-state index contributed by atoms with van der Waals surface area (Å²) in [5.41, 5.74) is 2.68. The number of hydrogen-bond acceptors (Lipinski definition) is 5. The van der Waals surface area contributed by atoms with Gasteiger partial charge in [-0.1, -0.05) is 23.9 Å². The first-order chi connectivity index (χ1) is 12.1. The number of rotatable bonds is 6. The second kappa shape index (κ2) is 8.49. The smallest absolute Gasteiger partial charge is 0.253 e.